The highest BCUT2D eigenvalue weighted by atomic mass is 32.2. The Kier molecular flexibility index (Phi) is 3.42. The fourth-order valence-corrected chi connectivity index (χ4v) is 3.43. The Labute approximate surface area is 120 Å². The summed E-state index contributed by atoms with van der Waals surface area (Å²) in [7, 11) is -1.30. The molecule has 20 heavy (non-hydrogen) atoms. The standard InChI is InChI=1S/C16H15NO2S/c1-12-5-7-15(8-6-12)20(19)17-10-9-13-3-2-4-14(11-18)16(13)17/h2-10,18H,11H2,1H3. The summed E-state index contributed by atoms with van der Waals surface area (Å²) >= 11 is 0. The molecule has 102 valence electrons. The third-order valence-corrected chi connectivity index (χ3v) is 4.67. The zero-order valence-electron chi connectivity index (χ0n) is 11.1. The number of rotatable bonds is 3. The smallest absolute Gasteiger partial charge is 0.157 e. The van der Waals surface area contributed by atoms with Gasteiger partial charge in [0.15, 0.2) is 11.0 Å². The van der Waals surface area contributed by atoms with Crippen LogP contribution >= 0.6 is 0 Å². The van der Waals surface area contributed by atoms with Gasteiger partial charge in [0.2, 0.25) is 0 Å². The molecule has 1 unspecified atom stereocenters. The first-order valence-corrected chi connectivity index (χ1v) is 7.50. The summed E-state index contributed by atoms with van der Waals surface area (Å²) in [4.78, 5) is 0.751. The van der Waals surface area contributed by atoms with Crippen LogP contribution < -0.4 is 0 Å². The van der Waals surface area contributed by atoms with Crippen LogP contribution in [0.4, 0.5) is 0 Å². The Balaban J connectivity index is 2.14. The molecule has 1 aromatic heterocycles. The zero-order valence-corrected chi connectivity index (χ0v) is 11.9. The van der Waals surface area contributed by atoms with Crippen molar-refractivity contribution in [3.05, 3.63) is 65.9 Å². The molecule has 3 aromatic rings. The van der Waals surface area contributed by atoms with Crippen LogP contribution in [0.15, 0.2) is 59.6 Å². The fraction of sp³-hybridized carbons (Fsp3) is 0.125. The van der Waals surface area contributed by atoms with E-state index >= 15 is 0 Å². The monoisotopic (exact) mass is 285 g/mol. The number of aryl methyl sites for hydroxylation is 1. The molecular formula is C16H15NO2S. The van der Waals surface area contributed by atoms with Gasteiger partial charge in [-0.15, -0.1) is 0 Å². The predicted molar refractivity (Wildman–Crippen MR) is 80.8 cm³/mol. The van der Waals surface area contributed by atoms with Crippen molar-refractivity contribution in [1.29, 1.82) is 0 Å². The van der Waals surface area contributed by atoms with Crippen molar-refractivity contribution in [3.8, 4) is 0 Å². The van der Waals surface area contributed by atoms with Crippen molar-refractivity contribution in [2.45, 2.75) is 18.4 Å². The van der Waals surface area contributed by atoms with Crippen LogP contribution in [0.2, 0.25) is 0 Å². The van der Waals surface area contributed by atoms with E-state index in [9.17, 15) is 9.32 Å². The molecule has 0 spiro atoms. The summed E-state index contributed by atoms with van der Waals surface area (Å²) in [6, 6.07) is 15.3. The molecular weight excluding hydrogens is 270 g/mol. The molecule has 1 N–H and O–H groups in total. The molecule has 0 fully saturated rings. The summed E-state index contributed by atoms with van der Waals surface area (Å²) in [5.74, 6) is 0. The van der Waals surface area contributed by atoms with Gasteiger partial charge in [-0.25, -0.2) is 4.21 Å². The lowest BCUT2D eigenvalue weighted by atomic mass is 10.1. The molecule has 0 bridgehead atoms. The lowest BCUT2D eigenvalue weighted by Gasteiger charge is -2.08. The molecule has 1 heterocycles. The summed E-state index contributed by atoms with van der Waals surface area (Å²) in [5.41, 5.74) is 2.75. The molecule has 3 rings (SSSR count). The zero-order chi connectivity index (χ0) is 14.1. The number of nitrogens with zero attached hydrogens (tertiary/aromatic N) is 1. The van der Waals surface area contributed by atoms with E-state index in [0.717, 1.165) is 26.9 Å². The van der Waals surface area contributed by atoms with Crippen molar-refractivity contribution in [2.75, 3.05) is 0 Å². The molecule has 1 atom stereocenters. The Morgan fingerprint density at radius 2 is 1.85 bits per heavy atom. The molecule has 4 heteroatoms. The number of aliphatic hydroxyl groups is 1. The molecule has 0 radical (unpaired) electrons. The SMILES string of the molecule is Cc1ccc(S(=O)n2ccc3cccc(CO)c32)cc1. The first-order valence-electron chi connectivity index (χ1n) is 6.39. The van der Waals surface area contributed by atoms with E-state index in [2.05, 4.69) is 0 Å². The highest BCUT2D eigenvalue weighted by Crippen LogP contribution is 2.23. The van der Waals surface area contributed by atoms with Crippen molar-refractivity contribution in [3.63, 3.8) is 0 Å². The molecule has 2 aromatic carbocycles. The Hall–Kier alpha value is -1.91. The van der Waals surface area contributed by atoms with E-state index < -0.39 is 11.0 Å². The second-order valence-electron chi connectivity index (χ2n) is 4.72. The maximum Gasteiger partial charge on any atom is 0.157 e. The highest BCUT2D eigenvalue weighted by Gasteiger charge is 2.12. The molecule has 0 amide bonds. The van der Waals surface area contributed by atoms with Gasteiger partial charge >= 0.3 is 0 Å². The van der Waals surface area contributed by atoms with Gasteiger partial charge in [-0.05, 0) is 25.1 Å². The van der Waals surface area contributed by atoms with Crippen LogP contribution in [-0.2, 0) is 17.6 Å². The van der Waals surface area contributed by atoms with Gasteiger partial charge in [0.25, 0.3) is 0 Å². The lowest BCUT2D eigenvalue weighted by molar-refractivity contribution is 0.283. The van der Waals surface area contributed by atoms with Gasteiger partial charge in [-0.1, -0.05) is 35.9 Å². The minimum atomic E-state index is -1.30. The van der Waals surface area contributed by atoms with Crippen molar-refractivity contribution >= 4 is 21.9 Å². The van der Waals surface area contributed by atoms with E-state index in [-0.39, 0.29) is 6.61 Å². The Morgan fingerprint density at radius 3 is 2.55 bits per heavy atom. The number of hydrogen-bond acceptors (Lipinski definition) is 2. The van der Waals surface area contributed by atoms with Gasteiger partial charge in [0.1, 0.15) is 0 Å². The number of fused-ring (bicyclic) bond motifs is 1. The van der Waals surface area contributed by atoms with E-state index in [1.807, 2.05) is 55.5 Å². The molecule has 3 nitrogen and oxygen atoms in total. The predicted octanol–water partition coefficient (Wildman–Crippen LogP) is 3.01. The number of para-hydroxylation sites is 1. The van der Waals surface area contributed by atoms with Gasteiger partial charge < -0.3 is 5.11 Å². The van der Waals surface area contributed by atoms with Gasteiger partial charge in [-0.2, -0.15) is 0 Å². The minimum absolute atomic E-state index is 0.0630. The third kappa shape index (κ3) is 2.17. The van der Waals surface area contributed by atoms with Crippen LogP contribution in [0.5, 0.6) is 0 Å². The van der Waals surface area contributed by atoms with E-state index in [1.165, 1.54) is 0 Å². The second-order valence-corrected chi connectivity index (χ2v) is 6.08. The minimum Gasteiger partial charge on any atom is -0.392 e. The number of benzene rings is 2. The first-order chi connectivity index (χ1) is 9.70. The van der Waals surface area contributed by atoms with Crippen LogP contribution in [0.25, 0.3) is 10.9 Å². The number of aliphatic hydroxyl groups excluding tert-OH is 1. The van der Waals surface area contributed by atoms with Gasteiger partial charge in [0.05, 0.1) is 17.0 Å². The fourth-order valence-electron chi connectivity index (χ4n) is 2.27. The number of aromatic nitrogens is 1. The summed E-state index contributed by atoms with van der Waals surface area (Å²) in [6.45, 7) is 1.94. The van der Waals surface area contributed by atoms with Crippen molar-refractivity contribution < 1.29 is 9.32 Å². The first kappa shape index (κ1) is 13.1. The molecule has 0 saturated heterocycles. The van der Waals surface area contributed by atoms with E-state index in [1.54, 1.807) is 10.2 Å². The summed E-state index contributed by atoms with van der Waals surface area (Å²) in [6.07, 6.45) is 1.81. The normalized spacial score (nSPS) is 12.7. The maximum absolute atomic E-state index is 12.7. The molecule has 0 aliphatic heterocycles. The van der Waals surface area contributed by atoms with Crippen LogP contribution in [0.3, 0.4) is 0 Å². The molecule has 0 aliphatic carbocycles. The average molecular weight is 285 g/mol. The lowest BCUT2D eigenvalue weighted by Crippen LogP contribution is -2.05. The topological polar surface area (TPSA) is 42.2 Å². The van der Waals surface area contributed by atoms with Crippen molar-refractivity contribution in [2.24, 2.45) is 0 Å². The largest absolute Gasteiger partial charge is 0.392 e. The van der Waals surface area contributed by atoms with E-state index in [0.29, 0.717) is 0 Å². The number of hydrogen-bond donors (Lipinski definition) is 1. The quantitative estimate of drug-likeness (QED) is 0.804. The summed E-state index contributed by atoms with van der Waals surface area (Å²) < 4.78 is 14.4. The summed E-state index contributed by atoms with van der Waals surface area (Å²) in [5, 5.41) is 10.4. The highest BCUT2D eigenvalue weighted by molar-refractivity contribution is 7.83. The van der Waals surface area contributed by atoms with E-state index in [4.69, 9.17) is 0 Å². The molecule has 0 aliphatic rings. The Morgan fingerprint density at radius 1 is 1.10 bits per heavy atom. The van der Waals surface area contributed by atoms with Crippen LogP contribution in [0.1, 0.15) is 11.1 Å². The Bertz CT molecular complexity index is 775. The van der Waals surface area contributed by atoms with Gasteiger partial charge in [-0.3, -0.25) is 3.97 Å². The molecule has 0 saturated carbocycles. The maximum atomic E-state index is 12.7. The average Bonchev–Trinajstić information content (AvgIpc) is 2.91. The van der Waals surface area contributed by atoms with Crippen molar-refractivity contribution in [1.82, 2.24) is 3.97 Å². The third-order valence-electron chi connectivity index (χ3n) is 3.33. The second kappa shape index (κ2) is 5.23. The van der Waals surface area contributed by atoms with Crippen LogP contribution in [0, 0.1) is 6.92 Å². The van der Waals surface area contributed by atoms with Crippen LogP contribution in [-0.4, -0.2) is 13.3 Å². The van der Waals surface area contributed by atoms with Gasteiger partial charge in [0, 0.05) is 17.1 Å².